The summed E-state index contributed by atoms with van der Waals surface area (Å²) in [6.45, 7) is 1.56. The van der Waals surface area contributed by atoms with E-state index in [1.165, 1.54) is 30.7 Å². The third-order valence-corrected chi connectivity index (χ3v) is 8.35. The van der Waals surface area contributed by atoms with Crippen molar-refractivity contribution in [3.05, 3.63) is 18.2 Å². The van der Waals surface area contributed by atoms with E-state index in [1.807, 2.05) is 0 Å². The highest BCUT2D eigenvalue weighted by Crippen LogP contribution is 2.34. The third kappa shape index (κ3) is 5.04. The number of fused-ring (bicyclic) bond motifs is 1. The summed E-state index contributed by atoms with van der Waals surface area (Å²) in [5, 5.41) is 4.89. The van der Waals surface area contributed by atoms with Gasteiger partial charge < -0.3 is 10.6 Å². The van der Waals surface area contributed by atoms with Crippen LogP contribution < -0.4 is 10.6 Å². The Labute approximate surface area is 164 Å². The molecule has 0 radical (unpaired) electrons. The Bertz CT molecular complexity index is 815. The monoisotopic (exact) mass is 410 g/mol. The summed E-state index contributed by atoms with van der Waals surface area (Å²) in [6, 6.07) is 4.92. The topological polar surface area (TPSA) is 92.3 Å². The van der Waals surface area contributed by atoms with E-state index in [2.05, 4.69) is 10.6 Å². The SMILES string of the molecule is CC(CC(=O)NC1CCCCCC1)S(=O)(=O)c1ccc2c(c1)NC(=O)CS2. The predicted octanol–water partition coefficient (Wildman–Crippen LogP) is 3.12. The Kier molecular flexibility index (Phi) is 6.47. The van der Waals surface area contributed by atoms with Crippen molar-refractivity contribution in [3.8, 4) is 0 Å². The lowest BCUT2D eigenvalue weighted by atomic mass is 10.1. The van der Waals surface area contributed by atoms with Crippen LogP contribution in [0.25, 0.3) is 0 Å². The van der Waals surface area contributed by atoms with Crippen LogP contribution in [-0.2, 0) is 19.4 Å². The molecule has 1 fully saturated rings. The van der Waals surface area contributed by atoms with Gasteiger partial charge in [0.1, 0.15) is 0 Å². The van der Waals surface area contributed by atoms with E-state index in [4.69, 9.17) is 0 Å². The Balaban J connectivity index is 1.66. The minimum Gasteiger partial charge on any atom is -0.353 e. The van der Waals surface area contributed by atoms with Crippen LogP contribution in [-0.4, -0.2) is 37.3 Å². The van der Waals surface area contributed by atoms with E-state index < -0.39 is 15.1 Å². The molecule has 2 amide bonds. The molecule has 0 spiro atoms. The minimum atomic E-state index is -3.65. The third-order valence-electron chi connectivity index (χ3n) is 5.14. The van der Waals surface area contributed by atoms with Crippen molar-refractivity contribution in [2.24, 2.45) is 0 Å². The van der Waals surface area contributed by atoms with Crippen LogP contribution >= 0.6 is 11.8 Å². The number of thioether (sulfide) groups is 1. The number of hydrogen-bond donors (Lipinski definition) is 2. The summed E-state index contributed by atoms with van der Waals surface area (Å²) < 4.78 is 25.8. The van der Waals surface area contributed by atoms with E-state index in [9.17, 15) is 18.0 Å². The molecule has 1 unspecified atom stereocenters. The molecule has 2 N–H and O–H groups in total. The zero-order valence-corrected chi connectivity index (χ0v) is 17.1. The van der Waals surface area contributed by atoms with Gasteiger partial charge in [0.25, 0.3) is 0 Å². The number of carbonyl (C=O) groups excluding carboxylic acids is 2. The van der Waals surface area contributed by atoms with Crippen LogP contribution in [0.2, 0.25) is 0 Å². The molecule has 1 heterocycles. The van der Waals surface area contributed by atoms with Crippen molar-refractivity contribution in [3.63, 3.8) is 0 Å². The average molecular weight is 411 g/mol. The highest BCUT2D eigenvalue weighted by Gasteiger charge is 2.28. The van der Waals surface area contributed by atoms with Crippen molar-refractivity contribution in [2.45, 2.75) is 73.0 Å². The number of benzene rings is 1. The molecule has 0 aromatic heterocycles. The number of sulfone groups is 1. The Morgan fingerprint density at radius 3 is 2.67 bits per heavy atom. The van der Waals surface area contributed by atoms with Gasteiger partial charge >= 0.3 is 0 Å². The molecule has 0 saturated heterocycles. The fourth-order valence-electron chi connectivity index (χ4n) is 3.55. The van der Waals surface area contributed by atoms with Crippen LogP contribution in [0, 0.1) is 0 Å². The summed E-state index contributed by atoms with van der Waals surface area (Å²) >= 11 is 1.39. The maximum absolute atomic E-state index is 12.9. The van der Waals surface area contributed by atoms with Gasteiger partial charge in [0.05, 0.1) is 21.6 Å². The lowest BCUT2D eigenvalue weighted by molar-refractivity contribution is -0.121. The maximum Gasteiger partial charge on any atom is 0.234 e. The van der Waals surface area contributed by atoms with Crippen molar-refractivity contribution in [1.29, 1.82) is 0 Å². The Morgan fingerprint density at radius 1 is 1.26 bits per heavy atom. The van der Waals surface area contributed by atoms with E-state index in [-0.39, 0.29) is 29.2 Å². The fraction of sp³-hybridized carbons (Fsp3) is 0.579. The lowest BCUT2D eigenvalue weighted by Gasteiger charge is -2.20. The minimum absolute atomic E-state index is 0.0585. The van der Waals surface area contributed by atoms with Gasteiger partial charge in [-0.2, -0.15) is 0 Å². The normalized spacial score (nSPS) is 19.5. The first-order valence-electron chi connectivity index (χ1n) is 9.46. The van der Waals surface area contributed by atoms with Gasteiger partial charge in [0.15, 0.2) is 9.84 Å². The van der Waals surface area contributed by atoms with E-state index in [0.717, 1.165) is 30.6 Å². The molecule has 1 aromatic carbocycles. The van der Waals surface area contributed by atoms with Gasteiger partial charge in [-0.05, 0) is 38.0 Å². The highest BCUT2D eigenvalue weighted by molar-refractivity contribution is 8.00. The van der Waals surface area contributed by atoms with Gasteiger partial charge in [-0.3, -0.25) is 9.59 Å². The first kappa shape index (κ1) is 20.2. The van der Waals surface area contributed by atoms with E-state index in [0.29, 0.717) is 11.4 Å². The fourth-order valence-corrected chi connectivity index (χ4v) is 5.72. The lowest BCUT2D eigenvalue weighted by Crippen LogP contribution is -2.37. The maximum atomic E-state index is 12.9. The van der Waals surface area contributed by atoms with Gasteiger partial charge in [0.2, 0.25) is 11.8 Å². The van der Waals surface area contributed by atoms with Crippen LogP contribution in [0.3, 0.4) is 0 Å². The molecule has 27 heavy (non-hydrogen) atoms. The summed E-state index contributed by atoms with van der Waals surface area (Å²) in [5.41, 5.74) is 0.521. The highest BCUT2D eigenvalue weighted by atomic mass is 32.2. The van der Waals surface area contributed by atoms with Gasteiger partial charge in [-0.25, -0.2) is 8.42 Å². The zero-order chi connectivity index (χ0) is 19.4. The molecule has 1 aliphatic carbocycles. The number of hydrogen-bond acceptors (Lipinski definition) is 5. The molecule has 1 saturated carbocycles. The second-order valence-corrected chi connectivity index (χ2v) is 10.7. The Morgan fingerprint density at radius 2 is 1.96 bits per heavy atom. The van der Waals surface area contributed by atoms with E-state index >= 15 is 0 Å². The smallest absolute Gasteiger partial charge is 0.234 e. The Hall–Kier alpha value is -1.54. The molecular weight excluding hydrogens is 384 g/mol. The first-order chi connectivity index (χ1) is 12.9. The summed E-state index contributed by atoms with van der Waals surface area (Å²) in [7, 11) is -3.65. The summed E-state index contributed by atoms with van der Waals surface area (Å²) in [4.78, 5) is 24.9. The molecule has 1 atom stereocenters. The molecule has 2 aliphatic rings. The van der Waals surface area contributed by atoms with Gasteiger partial charge in [0, 0.05) is 17.4 Å². The second-order valence-electron chi connectivity index (χ2n) is 7.31. The number of rotatable bonds is 5. The van der Waals surface area contributed by atoms with Crippen LogP contribution in [0.4, 0.5) is 5.69 Å². The number of anilines is 1. The van der Waals surface area contributed by atoms with Crippen molar-refractivity contribution < 1.29 is 18.0 Å². The molecule has 1 aromatic rings. The molecule has 6 nitrogen and oxygen atoms in total. The average Bonchev–Trinajstić information content (AvgIpc) is 2.89. The molecule has 1 aliphatic heterocycles. The second kappa shape index (κ2) is 8.65. The molecule has 8 heteroatoms. The van der Waals surface area contributed by atoms with Crippen molar-refractivity contribution in [2.75, 3.05) is 11.1 Å². The van der Waals surface area contributed by atoms with Gasteiger partial charge in [-0.1, -0.05) is 25.7 Å². The quantitative estimate of drug-likeness (QED) is 0.728. The summed E-state index contributed by atoms with van der Waals surface area (Å²) in [5.74, 6) is -0.0192. The van der Waals surface area contributed by atoms with Crippen molar-refractivity contribution >= 4 is 39.1 Å². The van der Waals surface area contributed by atoms with Crippen LogP contribution in [0.1, 0.15) is 51.9 Å². The van der Waals surface area contributed by atoms with Gasteiger partial charge in [-0.15, -0.1) is 11.8 Å². The molecule has 3 rings (SSSR count). The first-order valence-corrected chi connectivity index (χ1v) is 12.0. The summed E-state index contributed by atoms with van der Waals surface area (Å²) in [6.07, 6.45) is 6.49. The molecule has 0 bridgehead atoms. The standard InChI is InChI=1S/C19H26N2O4S2/c1-13(10-18(22)20-14-6-4-2-3-5-7-14)27(24,25)15-8-9-17-16(11-15)21-19(23)12-26-17/h8-9,11,13-14H,2-7,10,12H2,1H3,(H,20,22)(H,21,23). The van der Waals surface area contributed by atoms with Crippen LogP contribution in [0.5, 0.6) is 0 Å². The van der Waals surface area contributed by atoms with Crippen molar-refractivity contribution in [1.82, 2.24) is 5.32 Å². The van der Waals surface area contributed by atoms with Crippen LogP contribution in [0.15, 0.2) is 28.0 Å². The number of nitrogens with one attached hydrogen (secondary N) is 2. The van der Waals surface area contributed by atoms with E-state index in [1.54, 1.807) is 19.1 Å². The number of carbonyl (C=O) groups is 2. The molecule has 148 valence electrons. The zero-order valence-electron chi connectivity index (χ0n) is 15.5. The molecular formula is C19H26N2O4S2. The predicted molar refractivity (Wildman–Crippen MR) is 107 cm³/mol. The number of amides is 2. The largest absolute Gasteiger partial charge is 0.353 e.